The van der Waals surface area contributed by atoms with Gasteiger partial charge in [0.05, 0.1) is 5.56 Å². The van der Waals surface area contributed by atoms with Gasteiger partial charge in [0.2, 0.25) is 12.4 Å². The molecule has 1 rings (SSSR count). The molecule has 0 bridgehead atoms. The molecule has 0 aliphatic carbocycles. The predicted octanol–water partition coefficient (Wildman–Crippen LogP) is 1.87. The van der Waals surface area contributed by atoms with Gasteiger partial charge in [-0.25, -0.2) is 22.0 Å². The van der Waals surface area contributed by atoms with Crippen LogP contribution in [0.3, 0.4) is 0 Å². The molecule has 0 radical (unpaired) electrons. The summed E-state index contributed by atoms with van der Waals surface area (Å²) >= 11 is 0. The van der Waals surface area contributed by atoms with Crippen molar-refractivity contribution >= 4 is 0 Å². The summed E-state index contributed by atoms with van der Waals surface area (Å²) in [6.45, 7) is -0.834. The van der Waals surface area contributed by atoms with Gasteiger partial charge < -0.3 is 5.11 Å². The number of hydrogen-bond acceptors (Lipinski definition) is 3. The first-order valence-electron chi connectivity index (χ1n) is 4.45. The Morgan fingerprint density at radius 3 is 1.72 bits per heavy atom. The van der Waals surface area contributed by atoms with E-state index in [0.29, 0.717) is 6.92 Å². The Morgan fingerprint density at radius 1 is 1.06 bits per heavy atom. The van der Waals surface area contributed by atoms with Crippen LogP contribution in [-0.2, 0) is 5.60 Å². The molecule has 0 heterocycles. The van der Waals surface area contributed by atoms with Gasteiger partial charge in [-0.15, -0.1) is 0 Å². The van der Waals surface area contributed by atoms with Crippen molar-refractivity contribution in [3.63, 3.8) is 0 Å². The zero-order valence-electron chi connectivity index (χ0n) is 8.81. The van der Waals surface area contributed by atoms with Crippen LogP contribution >= 0.6 is 0 Å². The SMILES string of the molecule is CC(O)(C[N+](=O)[O-])c1c(F)c(F)c(F)c(F)c1F. The summed E-state index contributed by atoms with van der Waals surface area (Å²) in [6.07, 6.45) is 0. The van der Waals surface area contributed by atoms with Crippen LogP contribution in [0.15, 0.2) is 0 Å². The number of rotatable bonds is 3. The molecule has 0 aliphatic rings. The van der Waals surface area contributed by atoms with Crippen LogP contribution in [0.25, 0.3) is 0 Å². The largest absolute Gasteiger partial charge is 0.378 e. The molecule has 0 amide bonds. The highest BCUT2D eigenvalue weighted by Gasteiger charge is 2.40. The topological polar surface area (TPSA) is 63.4 Å². The first-order valence-corrected chi connectivity index (χ1v) is 4.45. The molecule has 9 heteroatoms. The van der Waals surface area contributed by atoms with Gasteiger partial charge in [0.1, 0.15) is 0 Å². The fraction of sp³-hybridized carbons (Fsp3) is 0.333. The fourth-order valence-corrected chi connectivity index (χ4v) is 1.41. The number of hydrogen-bond donors (Lipinski definition) is 1. The summed E-state index contributed by atoms with van der Waals surface area (Å²) in [5, 5.41) is 19.7. The van der Waals surface area contributed by atoms with Gasteiger partial charge in [-0.1, -0.05) is 0 Å². The summed E-state index contributed by atoms with van der Waals surface area (Å²) in [4.78, 5) is 9.05. The number of nitrogens with zero attached hydrogens (tertiary/aromatic N) is 1. The van der Waals surface area contributed by atoms with E-state index in [1.165, 1.54) is 0 Å². The van der Waals surface area contributed by atoms with Crippen LogP contribution in [0.2, 0.25) is 0 Å². The van der Waals surface area contributed by atoms with Gasteiger partial charge >= 0.3 is 0 Å². The third kappa shape index (κ3) is 2.26. The van der Waals surface area contributed by atoms with Crippen LogP contribution < -0.4 is 0 Å². The van der Waals surface area contributed by atoms with Crippen LogP contribution in [-0.4, -0.2) is 16.6 Å². The van der Waals surface area contributed by atoms with Crippen LogP contribution in [0.5, 0.6) is 0 Å². The first-order chi connectivity index (χ1) is 8.09. The van der Waals surface area contributed by atoms with Crippen molar-refractivity contribution in [1.29, 1.82) is 0 Å². The average molecular weight is 271 g/mol. The maximum Gasteiger partial charge on any atom is 0.236 e. The summed E-state index contributed by atoms with van der Waals surface area (Å²) in [5.74, 6) is -11.5. The Labute approximate surface area is 96.8 Å². The molecule has 0 fully saturated rings. The Balaban J connectivity index is 3.55. The molecule has 0 saturated heterocycles. The molecule has 0 spiro atoms. The van der Waals surface area contributed by atoms with Crippen LogP contribution in [0, 0.1) is 39.2 Å². The van der Waals surface area contributed by atoms with Crippen molar-refractivity contribution in [2.45, 2.75) is 12.5 Å². The Bertz CT molecular complexity index is 488. The van der Waals surface area contributed by atoms with Crippen LogP contribution in [0.1, 0.15) is 12.5 Å². The summed E-state index contributed by atoms with van der Waals surface area (Å²) < 4.78 is 64.9. The second-order valence-corrected chi connectivity index (χ2v) is 3.71. The van der Waals surface area contributed by atoms with Crippen molar-refractivity contribution in [2.24, 2.45) is 0 Å². The number of nitro groups is 1. The van der Waals surface area contributed by atoms with Gasteiger partial charge in [0.15, 0.2) is 28.9 Å². The Morgan fingerprint density at radius 2 is 1.39 bits per heavy atom. The van der Waals surface area contributed by atoms with E-state index in [9.17, 15) is 37.2 Å². The van der Waals surface area contributed by atoms with Crippen molar-refractivity contribution in [3.05, 3.63) is 44.8 Å². The molecule has 1 unspecified atom stereocenters. The smallest absolute Gasteiger partial charge is 0.236 e. The van der Waals surface area contributed by atoms with E-state index in [-0.39, 0.29) is 0 Å². The highest BCUT2D eigenvalue weighted by Crippen LogP contribution is 2.31. The predicted molar refractivity (Wildman–Crippen MR) is 47.7 cm³/mol. The van der Waals surface area contributed by atoms with E-state index < -0.39 is 51.7 Å². The fourth-order valence-electron chi connectivity index (χ4n) is 1.41. The molecule has 1 N–H and O–H groups in total. The van der Waals surface area contributed by atoms with Gasteiger partial charge in [-0.2, -0.15) is 0 Å². The summed E-state index contributed by atoms with van der Waals surface area (Å²) in [7, 11) is 0. The molecule has 100 valence electrons. The highest BCUT2D eigenvalue weighted by atomic mass is 19.2. The second-order valence-electron chi connectivity index (χ2n) is 3.71. The first kappa shape index (κ1) is 14.3. The summed E-state index contributed by atoms with van der Waals surface area (Å²) in [6, 6.07) is 0. The van der Waals surface area contributed by atoms with Crippen LogP contribution in [0.4, 0.5) is 22.0 Å². The maximum absolute atomic E-state index is 13.2. The standard InChI is InChI=1S/C9H6F5NO3/c1-9(16,2-15(17)18)3-4(10)6(12)8(14)7(13)5(3)11/h16H,2H2,1H3. The zero-order valence-corrected chi connectivity index (χ0v) is 8.81. The normalized spacial score (nSPS) is 14.4. The van der Waals surface area contributed by atoms with Gasteiger partial charge in [0, 0.05) is 4.92 Å². The minimum Gasteiger partial charge on any atom is -0.378 e. The summed E-state index contributed by atoms with van der Waals surface area (Å²) in [5.41, 5.74) is -4.46. The third-order valence-corrected chi connectivity index (χ3v) is 2.19. The zero-order chi connectivity index (χ0) is 14.2. The lowest BCUT2D eigenvalue weighted by atomic mass is 9.94. The molecular weight excluding hydrogens is 265 g/mol. The second kappa shape index (κ2) is 4.48. The molecule has 4 nitrogen and oxygen atoms in total. The molecule has 0 saturated carbocycles. The lowest BCUT2D eigenvalue weighted by Crippen LogP contribution is -2.34. The molecule has 1 atom stereocenters. The van der Waals surface area contributed by atoms with Gasteiger partial charge in [-0.3, -0.25) is 10.1 Å². The molecular formula is C9H6F5NO3. The van der Waals surface area contributed by atoms with Crippen molar-refractivity contribution < 1.29 is 32.0 Å². The molecule has 1 aromatic carbocycles. The van der Waals surface area contributed by atoms with Gasteiger partial charge in [0.25, 0.3) is 0 Å². The van der Waals surface area contributed by atoms with Crippen molar-refractivity contribution in [3.8, 4) is 0 Å². The lowest BCUT2D eigenvalue weighted by Gasteiger charge is -2.20. The monoisotopic (exact) mass is 271 g/mol. The Hall–Kier alpha value is -1.77. The minimum atomic E-state index is -2.83. The number of benzene rings is 1. The van der Waals surface area contributed by atoms with E-state index in [2.05, 4.69) is 0 Å². The van der Waals surface area contributed by atoms with E-state index in [0.717, 1.165) is 0 Å². The quantitative estimate of drug-likeness (QED) is 0.300. The average Bonchev–Trinajstić information content (AvgIpc) is 2.21. The van der Waals surface area contributed by atoms with Gasteiger partial charge in [-0.05, 0) is 6.92 Å². The van der Waals surface area contributed by atoms with Crippen molar-refractivity contribution in [1.82, 2.24) is 0 Å². The maximum atomic E-state index is 13.2. The molecule has 0 aliphatic heterocycles. The molecule has 18 heavy (non-hydrogen) atoms. The third-order valence-electron chi connectivity index (χ3n) is 2.19. The lowest BCUT2D eigenvalue weighted by molar-refractivity contribution is -0.501. The molecule has 1 aromatic rings. The molecule has 0 aromatic heterocycles. The van der Waals surface area contributed by atoms with E-state index in [4.69, 9.17) is 0 Å². The van der Waals surface area contributed by atoms with E-state index in [1.807, 2.05) is 0 Å². The number of halogens is 5. The van der Waals surface area contributed by atoms with Crippen molar-refractivity contribution in [2.75, 3.05) is 6.54 Å². The van der Waals surface area contributed by atoms with E-state index >= 15 is 0 Å². The van der Waals surface area contributed by atoms with E-state index in [1.54, 1.807) is 0 Å². The number of aliphatic hydroxyl groups is 1. The minimum absolute atomic E-state index is 0.577. The Kier molecular flexibility index (Phi) is 3.56. The highest BCUT2D eigenvalue weighted by molar-refractivity contribution is 5.29.